The number of hydrogen-bond acceptors (Lipinski definition) is 23. The maximum Gasteiger partial charge on any atom is 0.472 e. The number of fused-ring (bicyclic) bond motifs is 1. The molecule has 16 N–H and O–H groups in total. The molecule has 1 amide bonds. The first-order valence-electron chi connectivity index (χ1n) is 18.1. The zero-order chi connectivity index (χ0) is 48.6. The number of aliphatic imine (C=N–C) groups is 1. The van der Waals surface area contributed by atoms with Gasteiger partial charge in [-0.15, -0.1) is 0 Å². The molecule has 12 atom stereocenters. The van der Waals surface area contributed by atoms with E-state index < -0.39 is 130 Å². The van der Waals surface area contributed by atoms with Crippen molar-refractivity contribution in [3.63, 3.8) is 0 Å². The third kappa shape index (κ3) is 13.8. The summed E-state index contributed by atoms with van der Waals surface area (Å²) in [6.07, 6.45) is -16.2. The maximum atomic E-state index is 12.9. The van der Waals surface area contributed by atoms with E-state index in [1.54, 1.807) is 0 Å². The number of likely N-dealkylation sites (N-methyl/N-ethyl adjacent to an activating group) is 1. The lowest BCUT2D eigenvalue weighted by Crippen LogP contribution is -2.44. The number of nitrogens with two attached hydrogens (primary N) is 2. The van der Waals surface area contributed by atoms with Gasteiger partial charge in [-0.25, -0.2) is 22.8 Å². The molecule has 0 saturated carbocycles. The van der Waals surface area contributed by atoms with Crippen LogP contribution in [0.1, 0.15) is 6.23 Å². The molecule has 2 aromatic rings. The number of ether oxygens (including phenoxy) is 2. The van der Waals surface area contributed by atoms with Gasteiger partial charge >= 0.3 is 36.9 Å². The second-order valence-corrected chi connectivity index (χ2v) is 19.4. The molecule has 34 nitrogen and oxygen atoms in total. The highest BCUT2D eigenvalue weighted by Gasteiger charge is 2.51. The number of rotatable bonds is 19. The first kappa shape index (κ1) is 52.5. The summed E-state index contributed by atoms with van der Waals surface area (Å²) < 4.78 is 92.5. The maximum absolute atomic E-state index is 12.9. The molecule has 65 heavy (non-hydrogen) atoms. The number of aromatic nitrogens is 4. The van der Waals surface area contributed by atoms with Gasteiger partial charge in [-0.05, 0) is 6.58 Å². The quantitative estimate of drug-likeness (QED) is 0.0459. The number of H-pyrrole nitrogens is 1. The van der Waals surface area contributed by atoms with Crippen molar-refractivity contribution in [1.82, 2.24) is 24.8 Å². The first-order chi connectivity index (χ1) is 29.9. The number of nitrogens with one attached hydrogen (secondary N) is 2. The fraction of sp³-hybridized carbons (Fsp3) is 0.630. The predicted molar refractivity (Wildman–Crippen MR) is 208 cm³/mol. The molecule has 3 aliphatic rings. The van der Waals surface area contributed by atoms with Gasteiger partial charge in [0.05, 0.1) is 40.5 Å². The van der Waals surface area contributed by atoms with Crippen molar-refractivity contribution in [3.05, 3.63) is 29.1 Å². The average molecular weight is 1020 g/mol. The lowest BCUT2D eigenvalue weighted by Gasteiger charge is -2.28. The van der Waals surface area contributed by atoms with E-state index >= 15 is 0 Å². The van der Waals surface area contributed by atoms with E-state index in [0.717, 1.165) is 9.47 Å². The summed E-state index contributed by atoms with van der Waals surface area (Å²) in [7, 11) is -19.6. The van der Waals surface area contributed by atoms with Crippen LogP contribution in [0.4, 0.5) is 5.95 Å². The van der Waals surface area contributed by atoms with Crippen LogP contribution in [0.25, 0.3) is 11.2 Å². The van der Waals surface area contributed by atoms with Crippen molar-refractivity contribution >= 4 is 66.6 Å². The van der Waals surface area contributed by atoms with E-state index in [1.165, 1.54) is 35.9 Å². The highest BCUT2D eigenvalue weighted by atomic mass is 31.2. The number of nitrogens with zero attached hydrogens (tertiary/aromatic N) is 6. The number of nitrogen functional groups attached to an aromatic ring is 1. The van der Waals surface area contributed by atoms with E-state index in [-0.39, 0.29) is 35.4 Å². The molecular formula is C27H46N10O24P4+2. The fourth-order valence-corrected chi connectivity index (χ4v) is 8.91. The molecule has 0 aromatic carbocycles. The lowest BCUT2D eigenvalue weighted by atomic mass is 10.1. The van der Waals surface area contributed by atoms with Gasteiger partial charge in [0.25, 0.3) is 17.1 Å². The first-order valence-corrected chi connectivity index (χ1v) is 24.2. The molecule has 0 bridgehead atoms. The van der Waals surface area contributed by atoms with Gasteiger partial charge in [0.2, 0.25) is 42.9 Å². The number of aromatic amines is 1. The summed E-state index contributed by atoms with van der Waals surface area (Å²) in [6.45, 7) is -1.83. The molecule has 2 saturated heterocycles. The minimum Gasteiger partial charge on any atom is -0.387 e. The van der Waals surface area contributed by atoms with Crippen molar-refractivity contribution in [1.29, 1.82) is 0 Å². The van der Waals surface area contributed by atoms with Crippen LogP contribution < -0.4 is 26.9 Å². The van der Waals surface area contributed by atoms with Crippen molar-refractivity contribution in [2.45, 2.75) is 61.3 Å². The topological polar surface area (TPSA) is 499 Å². The molecule has 3 unspecified atom stereocenters. The van der Waals surface area contributed by atoms with Crippen molar-refractivity contribution < 1.29 is 119 Å². The van der Waals surface area contributed by atoms with Crippen molar-refractivity contribution in [2.24, 2.45) is 17.8 Å². The van der Waals surface area contributed by atoms with Crippen LogP contribution in [-0.2, 0) is 66.7 Å². The number of imidazole rings is 1. The molecule has 366 valence electrons. The van der Waals surface area contributed by atoms with Crippen LogP contribution in [0.2, 0.25) is 0 Å². The highest BCUT2D eigenvalue weighted by molar-refractivity contribution is 7.48. The van der Waals surface area contributed by atoms with E-state index in [9.17, 15) is 77.6 Å². The summed E-state index contributed by atoms with van der Waals surface area (Å²) in [5, 5.41) is 45.1. The molecule has 0 aliphatic carbocycles. The number of aryl methyl sites for hydroxylation is 1. The van der Waals surface area contributed by atoms with Crippen LogP contribution >= 0.6 is 31.3 Å². The summed E-state index contributed by atoms with van der Waals surface area (Å²) in [6, 6.07) is 0. The van der Waals surface area contributed by atoms with Gasteiger partial charge in [0, 0.05) is 0 Å². The number of aliphatic hydroxyl groups excluding tert-OH is 4. The Bertz CT molecular complexity index is 2430. The Morgan fingerprint density at radius 2 is 1.32 bits per heavy atom. The number of carbonyl (C=O) groups excluding carboxylic acids is 1. The number of guanidine groups is 1. The van der Waals surface area contributed by atoms with Crippen LogP contribution in [0, 0.1) is 0 Å². The second-order valence-electron chi connectivity index (χ2n) is 14.1. The van der Waals surface area contributed by atoms with Gasteiger partial charge in [0.1, 0.15) is 48.8 Å². The van der Waals surface area contributed by atoms with Crippen LogP contribution in [-0.4, -0.2) is 187 Å². The number of phosphoric acid groups is 4. The molecule has 5 rings (SSSR count). The van der Waals surface area contributed by atoms with E-state index in [1.807, 2.05) is 0 Å². The number of hydrogen-bond donors (Lipinski definition) is 14. The minimum absolute atomic E-state index is 0.0188. The number of carbonyl (C=O) groups is 1. The summed E-state index contributed by atoms with van der Waals surface area (Å²) in [5.41, 5.74) is 10.5. The third-order valence-electron chi connectivity index (χ3n) is 9.11. The van der Waals surface area contributed by atoms with Gasteiger partial charge in [-0.1, -0.05) is 0 Å². The van der Waals surface area contributed by atoms with E-state index in [0.29, 0.717) is 0 Å². The van der Waals surface area contributed by atoms with Crippen LogP contribution in [0.3, 0.4) is 0 Å². The summed E-state index contributed by atoms with van der Waals surface area (Å²) in [4.78, 5) is 94.6. The Kier molecular flexibility index (Phi) is 16.5. The van der Waals surface area contributed by atoms with E-state index in [2.05, 4.69) is 35.9 Å². The molecule has 2 aromatic heterocycles. The monoisotopic (exact) mass is 1020 g/mol. The zero-order valence-corrected chi connectivity index (χ0v) is 37.1. The standard InChI is InChI=1S/C27H44N10O24P4/c1-11-30-26(28)31-16(38)4-34(2)9-36(11)24-20(41)18(39)14(58-24)7-56-64(50,51)54-5-12(60-62(44,45)46)13(61-63(47,48)49)6-55-65(52,53)57-8-15-19(40)21(42)25(59-15)37-10-35(3)17-22(37)32-27(29)33-23(17)43/h9-10,12-15,18-21,24-25,39-42H,1,4-8H2,2-3H3,(H10-2,28,29,30,31,32,33,38,43,44,45,46,47,48,49,50,51,52,53)/p+2/t12-,13?,14-,15-,18-,19-,20-,21-,24-,25-/m1/s1. The molecule has 38 heteroatoms. The molecule has 2 fully saturated rings. The van der Waals surface area contributed by atoms with Crippen molar-refractivity contribution in [2.75, 3.05) is 45.8 Å². The molecular weight excluding hydrogens is 972 g/mol. The second kappa shape index (κ2) is 20.4. The number of phosphoric ester groups is 4. The third-order valence-corrected chi connectivity index (χ3v) is 12.1. The highest BCUT2D eigenvalue weighted by Crippen LogP contribution is 2.50. The van der Waals surface area contributed by atoms with Gasteiger partial charge < -0.3 is 70.7 Å². The Labute approximate surface area is 363 Å². The molecule has 5 heterocycles. The SMILES string of the molecule is C=C1/N=C(/N)NC(=O)C/[N+](C)=C\N1[C@@H]1O[C@H](COP(=O)(O)OC[C@@H](OP(=O)(O)O)C(COP(=O)(O)OC[C@H]2O[C@@H](n3c[n+](C)c4c(=O)[nH]c(N)nc43)[C@H](O)[C@@H]2O)OP(=O)(O)O)[C@@H](O)[C@H]1O. The zero-order valence-electron chi connectivity index (χ0n) is 33.5. The molecule has 0 radical (unpaired) electrons. The Balaban J connectivity index is 1.23. The molecule has 0 spiro atoms. The summed E-state index contributed by atoms with van der Waals surface area (Å²) in [5.74, 6) is -1.47. The Morgan fingerprint density at radius 3 is 1.83 bits per heavy atom. The Hall–Kier alpha value is -3.50. The normalized spacial score (nSPS) is 30.3. The largest absolute Gasteiger partial charge is 0.472 e. The lowest BCUT2D eigenvalue weighted by molar-refractivity contribution is -0.646. The van der Waals surface area contributed by atoms with Gasteiger partial charge in [-0.2, -0.15) is 19.4 Å². The van der Waals surface area contributed by atoms with E-state index in [4.69, 9.17) is 39.0 Å². The fourth-order valence-electron chi connectivity index (χ4n) is 6.32. The average Bonchev–Trinajstić information content (AvgIpc) is 3.76. The Morgan fingerprint density at radius 1 is 0.831 bits per heavy atom. The minimum atomic E-state index is -5.76. The van der Waals surface area contributed by atoms with Gasteiger partial charge in [-0.3, -0.25) is 51.6 Å². The summed E-state index contributed by atoms with van der Waals surface area (Å²) >= 11 is 0. The smallest absolute Gasteiger partial charge is 0.387 e. The van der Waals surface area contributed by atoms with Crippen molar-refractivity contribution in [3.8, 4) is 0 Å². The number of amides is 1. The van der Waals surface area contributed by atoms with Crippen LogP contribution in [0.15, 0.2) is 28.5 Å². The molecule has 3 aliphatic heterocycles. The van der Waals surface area contributed by atoms with Gasteiger partial charge in [0.15, 0.2) is 6.54 Å². The number of anilines is 1. The predicted octanol–water partition coefficient (Wildman–Crippen LogP) is -6.69. The number of aliphatic hydroxyl groups is 4. The van der Waals surface area contributed by atoms with Crippen LogP contribution in [0.5, 0.6) is 0 Å².